The SMILES string of the molecule is O=C(CSc1nnc(-c2cccs2)n1Cc1ccccc1)NCC(F)(F)F. The van der Waals surface area contributed by atoms with Crippen LogP contribution in [-0.4, -0.2) is 39.1 Å². The number of carbonyl (C=O) groups is 1. The second-order valence-electron chi connectivity index (χ2n) is 5.54. The van der Waals surface area contributed by atoms with Crippen LogP contribution in [0.3, 0.4) is 0 Å². The van der Waals surface area contributed by atoms with Crippen LogP contribution in [0.1, 0.15) is 5.56 Å². The van der Waals surface area contributed by atoms with Gasteiger partial charge in [0.2, 0.25) is 5.91 Å². The van der Waals surface area contributed by atoms with Crippen molar-refractivity contribution in [2.24, 2.45) is 0 Å². The minimum atomic E-state index is -4.43. The molecule has 0 unspecified atom stereocenters. The van der Waals surface area contributed by atoms with E-state index in [1.165, 1.54) is 11.3 Å². The Labute approximate surface area is 161 Å². The van der Waals surface area contributed by atoms with E-state index in [2.05, 4.69) is 10.2 Å². The Morgan fingerprint density at radius 3 is 2.59 bits per heavy atom. The summed E-state index contributed by atoms with van der Waals surface area (Å²) < 4.78 is 38.5. The summed E-state index contributed by atoms with van der Waals surface area (Å²) in [5, 5.41) is 12.6. The number of nitrogens with zero attached hydrogens (tertiary/aromatic N) is 3. The van der Waals surface area contributed by atoms with Crippen molar-refractivity contribution in [3.05, 3.63) is 53.4 Å². The number of rotatable bonds is 7. The lowest BCUT2D eigenvalue weighted by atomic mass is 10.2. The van der Waals surface area contributed by atoms with Crippen LogP contribution in [0.4, 0.5) is 13.2 Å². The van der Waals surface area contributed by atoms with E-state index >= 15 is 0 Å². The number of benzene rings is 1. The second-order valence-corrected chi connectivity index (χ2v) is 7.43. The molecule has 1 aromatic carbocycles. The lowest BCUT2D eigenvalue weighted by molar-refractivity contribution is -0.136. The van der Waals surface area contributed by atoms with Crippen LogP contribution < -0.4 is 5.32 Å². The highest BCUT2D eigenvalue weighted by Crippen LogP contribution is 2.28. The van der Waals surface area contributed by atoms with E-state index in [1.54, 1.807) is 0 Å². The number of nitrogens with one attached hydrogen (secondary N) is 1. The van der Waals surface area contributed by atoms with Crippen molar-refractivity contribution in [3.8, 4) is 10.7 Å². The summed E-state index contributed by atoms with van der Waals surface area (Å²) in [6.45, 7) is -0.850. The minimum absolute atomic E-state index is 0.173. The van der Waals surface area contributed by atoms with Gasteiger partial charge in [0.15, 0.2) is 11.0 Å². The summed E-state index contributed by atoms with van der Waals surface area (Å²) in [7, 11) is 0. The van der Waals surface area contributed by atoms with Gasteiger partial charge in [-0.2, -0.15) is 13.2 Å². The van der Waals surface area contributed by atoms with E-state index in [-0.39, 0.29) is 5.75 Å². The first kappa shape index (κ1) is 19.4. The lowest BCUT2D eigenvalue weighted by Gasteiger charge is -2.10. The number of carbonyl (C=O) groups excluding carboxylic acids is 1. The van der Waals surface area contributed by atoms with Crippen LogP contribution >= 0.6 is 23.1 Å². The third kappa shape index (κ3) is 5.57. The van der Waals surface area contributed by atoms with Gasteiger partial charge in [0.25, 0.3) is 0 Å². The number of halogens is 3. The maximum atomic E-state index is 12.2. The highest BCUT2D eigenvalue weighted by molar-refractivity contribution is 7.99. The molecule has 10 heteroatoms. The Morgan fingerprint density at radius 2 is 1.93 bits per heavy atom. The number of hydrogen-bond donors (Lipinski definition) is 1. The standard InChI is InChI=1S/C17H15F3N4OS2/c18-17(19,20)11-21-14(25)10-27-16-23-22-15(13-7-4-8-26-13)24(16)9-12-5-2-1-3-6-12/h1-8H,9-11H2,(H,21,25). The normalized spacial score (nSPS) is 11.5. The minimum Gasteiger partial charge on any atom is -0.346 e. The molecule has 3 aromatic rings. The Morgan fingerprint density at radius 1 is 1.15 bits per heavy atom. The smallest absolute Gasteiger partial charge is 0.346 e. The second kappa shape index (κ2) is 8.57. The molecule has 0 spiro atoms. The van der Waals surface area contributed by atoms with Crippen LogP contribution in [0.25, 0.3) is 10.7 Å². The molecule has 0 aliphatic rings. The van der Waals surface area contributed by atoms with Crippen molar-refractivity contribution >= 4 is 29.0 Å². The molecule has 0 saturated carbocycles. The van der Waals surface area contributed by atoms with E-state index in [4.69, 9.17) is 0 Å². The van der Waals surface area contributed by atoms with Crippen molar-refractivity contribution in [2.45, 2.75) is 17.9 Å². The molecule has 0 fully saturated rings. The molecular formula is C17H15F3N4OS2. The van der Waals surface area contributed by atoms with Gasteiger partial charge >= 0.3 is 6.18 Å². The Kier molecular flexibility index (Phi) is 6.17. The van der Waals surface area contributed by atoms with E-state index in [0.29, 0.717) is 17.5 Å². The molecule has 0 saturated heterocycles. The van der Waals surface area contributed by atoms with Gasteiger partial charge in [-0.25, -0.2) is 0 Å². The summed E-state index contributed by atoms with van der Waals surface area (Å²) in [5.74, 6) is -0.218. The van der Waals surface area contributed by atoms with Crippen molar-refractivity contribution in [3.63, 3.8) is 0 Å². The molecule has 0 bridgehead atoms. The predicted molar refractivity (Wildman–Crippen MR) is 98.7 cm³/mol. The number of alkyl halides is 3. The first-order valence-corrected chi connectivity index (χ1v) is 9.76. The zero-order valence-corrected chi connectivity index (χ0v) is 15.6. The first-order valence-electron chi connectivity index (χ1n) is 7.89. The average molecular weight is 412 g/mol. The van der Waals surface area contributed by atoms with E-state index in [0.717, 1.165) is 22.2 Å². The van der Waals surface area contributed by atoms with Gasteiger partial charge in [0, 0.05) is 0 Å². The fourth-order valence-corrected chi connectivity index (χ4v) is 3.76. The zero-order valence-electron chi connectivity index (χ0n) is 13.9. The molecule has 0 aliphatic carbocycles. The van der Waals surface area contributed by atoms with Crippen molar-refractivity contribution < 1.29 is 18.0 Å². The lowest BCUT2D eigenvalue weighted by Crippen LogP contribution is -2.34. The molecule has 2 aromatic heterocycles. The number of thioether (sulfide) groups is 1. The van der Waals surface area contributed by atoms with Gasteiger partial charge in [-0.1, -0.05) is 48.2 Å². The van der Waals surface area contributed by atoms with Crippen molar-refractivity contribution in [2.75, 3.05) is 12.3 Å². The summed E-state index contributed by atoms with van der Waals surface area (Å²) in [6, 6.07) is 13.5. The topological polar surface area (TPSA) is 59.8 Å². The summed E-state index contributed by atoms with van der Waals surface area (Å²) in [6.07, 6.45) is -4.43. The molecule has 27 heavy (non-hydrogen) atoms. The Hall–Kier alpha value is -2.33. The third-order valence-electron chi connectivity index (χ3n) is 3.46. The van der Waals surface area contributed by atoms with Crippen molar-refractivity contribution in [1.82, 2.24) is 20.1 Å². The molecule has 142 valence electrons. The van der Waals surface area contributed by atoms with Gasteiger partial charge in [0.05, 0.1) is 17.2 Å². The van der Waals surface area contributed by atoms with Crippen LogP contribution in [0, 0.1) is 0 Å². The monoisotopic (exact) mass is 412 g/mol. The van der Waals surface area contributed by atoms with E-state index in [9.17, 15) is 18.0 Å². The zero-order chi connectivity index (χ0) is 19.3. The maximum absolute atomic E-state index is 12.2. The van der Waals surface area contributed by atoms with Gasteiger partial charge in [-0.3, -0.25) is 9.36 Å². The number of hydrogen-bond acceptors (Lipinski definition) is 5. The van der Waals surface area contributed by atoms with Crippen LogP contribution in [0.15, 0.2) is 53.0 Å². The molecule has 0 radical (unpaired) electrons. The average Bonchev–Trinajstić information content (AvgIpc) is 3.28. The van der Waals surface area contributed by atoms with Crippen LogP contribution in [0.5, 0.6) is 0 Å². The van der Waals surface area contributed by atoms with Gasteiger partial charge < -0.3 is 5.32 Å². The quantitative estimate of drug-likeness (QED) is 0.600. The number of aromatic nitrogens is 3. The molecule has 0 aliphatic heterocycles. The van der Waals surface area contributed by atoms with Gasteiger partial charge in [0.1, 0.15) is 6.54 Å². The first-order chi connectivity index (χ1) is 12.9. The number of thiophene rings is 1. The highest BCUT2D eigenvalue weighted by Gasteiger charge is 2.27. The molecule has 2 heterocycles. The van der Waals surface area contributed by atoms with Crippen LogP contribution in [-0.2, 0) is 11.3 Å². The number of amides is 1. The van der Waals surface area contributed by atoms with Gasteiger partial charge in [-0.15, -0.1) is 21.5 Å². The fourth-order valence-electron chi connectivity index (χ4n) is 2.27. The maximum Gasteiger partial charge on any atom is 0.405 e. The molecule has 1 N–H and O–H groups in total. The summed E-state index contributed by atoms with van der Waals surface area (Å²) in [4.78, 5) is 12.6. The molecule has 3 rings (SSSR count). The Bertz CT molecular complexity index is 879. The molecule has 0 atom stereocenters. The van der Waals surface area contributed by atoms with Gasteiger partial charge in [-0.05, 0) is 17.0 Å². The third-order valence-corrected chi connectivity index (χ3v) is 5.29. The Balaban J connectivity index is 1.75. The molecular weight excluding hydrogens is 397 g/mol. The van der Waals surface area contributed by atoms with Crippen LogP contribution in [0.2, 0.25) is 0 Å². The van der Waals surface area contributed by atoms with E-state index < -0.39 is 18.6 Å². The molecule has 1 amide bonds. The highest BCUT2D eigenvalue weighted by atomic mass is 32.2. The fraction of sp³-hybridized carbons (Fsp3) is 0.235. The predicted octanol–water partition coefficient (Wildman–Crippen LogP) is 3.83. The largest absolute Gasteiger partial charge is 0.405 e. The molecule has 5 nitrogen and oxygen atoms in total. The summed E-state index contributed by atoms with van der Waals surface area (Å²) in [5.41, 5.74) is 1.03. The summed E-state index contributed by atoms with van der Waals surface area (Å²) >= 11 is 2.57. The van der Waals surface area contributed by atoms with E-state index in [1.807, 2.05) is 57.7 Å². The van der Waals surface area contributed by atoms with Crippen molar-refractivity contribution in [1.29, 1.82) is 0 Å².